The number of benzene rings is 1. The molecule has 1 N–H and O–H groups in total. The lowest BCUT2D eigenvalue weighted by Gasteiger charge is -2.06. The predicted molar refractivity (Wildman–Crippen MR) is 70.9 cm³/mol. The standard InChI is InChI=1S/C12H14O3S2/c1-8(2)16-7-11-5-9-3-4-10(13)6-12(9)17(11,14)15/h3-6,8,13H,7H2,1-2H3. The van der Waals surface area contributed by atoms with Gasteiger partial charge in [-0.3, -0.25) is 0 Å². The molecule has 0 aliphatic carbocycles. The summed E-state index contributed by atoms with van der Waals surface area (Å²) in [4.78, 5) is 0.647. The first kappa shape index (κ1) is 12.5. The predicted octanol–water partition coefficient (Wildman–Crippen LogP) is 2.66. The number of sulfone groups is 1. The van der Waals surface area contributed by atoms with E-state index in [-0.39, 0.29) is 10.6 Å². The van der Waals surface area contributed by atoms with Gasteiger partial charge in [-0.2, -0.15) is 11.8 Å². The van der Waals surface area contributed by atoms with Gasteiger partial charge in [0.1, 0.15) is 5.75 Å². The Bertz CT molecular complexity index is 571. The fourth-order valence-corrected chi connectivity index (χ4v) is 4.32. The van der Waals surface area contributed by atoms with E-state index in [2.05, 4.69) is 0 Å². The van der Waals surface area contributed by atoms with Gasteiger partial charge in [0.25, 0.3) is 0 Å². The molecule has 0 atom stereocenters. The Morgan fingerprint density at radius 1 is 1.35 bits per heavy atom. The van der Waals surface area contributed by atoms with Gasteiger partial charge in [-0.1, -0.05) is 13.8 Å². The lowest BCUT2D eigenvalue weighted by Crippen LogP contribution is -2.04. The molecule has 0 aromatic heterocycles. The van der Waals surface area contributed by atoms with E-state index in [0.717, 1.165) is 0 Å². The molecule has 1 aromatic carbocycles. The fraction of sp³-hybridized carbons (Fsp3) is 0.333. The number of phenols is 1. The number of hydrogen-bond donors (Lipinski definition) is 1. The highest BCUT2D eigenvalue weighted by Gasteiger charge is 2.29. The molecule has 17 heavy (non-hydrogen) atoms. The first-order valence-electron chi connectivity index (χ1n) is 5.31. The van der Waals surface area contributed by atoms with Gasteiger partial charge >= 0.3 is 0 Å². The zero-order chi connectivity index (χ0) is 12.6. The van der Waals surface area contributed by atoms with E-state index in [1.54, 1.807) is 23.9 Å². The second kappa shape index (κ2) is 4.38. The molecule has 1 aliphatic rings. The van der Waals surface area contributed by atoms with E-state index in [0.29, 0.717) is 21.5 Å². The minimum atomic E-state index is -3.38. The molecule has 0 unspecified atom stereocenters. The maximum Gasteiger partial charge on any atom is 0.204 e. The summed E-state index contributed by atoms with van der Waals surface area (Å²) in [5.74, 6) is 0.466. The molecule has 0 fully saturated rings. The maximum absolute atomic E-state index is 12.2. The molecule has 0 saturated heterocycles. The minimum absolute atomic E-state index is 0.0153. The van der Waals surface area contributed by atoms with Crippen LogP contribution in [0.2, 0.25) is 0 Å². The third-order valence-electron chi connectivity index (χ3n) is 2.51. The Morgan fingerprint density at radius 3 is 2.71 bits per heavy atom. The summed E-state index contributed by atoms with van der Waals surface area (Å²) in [5.41, 5.74) is 0.669. The van der Waals surface area contributed by atoms with Gasteiger partial charge in [-0.05, 0) is 35.1 Å². The lowest BCUT2D eigenvalue weighted by molar-refractivity contribution is 0.473. The SMILES string of the molecule is CC(C)SCC1=Cc2ccc(O)cc2S1(=O)=O. The van der Waals surface area contributed by atoms with Gasteiger partial charge in [-0.15, -0.1) is 0 Å². The highest BCUT2D eigenvalue weighted by molar-refractivity contribution is 8.02. The van der Waals surface area contributed by atoms with Crippen LogP contribution >= 0.6 is 11.8 Å². The summed E-state index contributed by atoms with van der Waals surface area (Å²) in [5, 5.41) is 9.73. The number of aromatic hydroxyl groups is 1. The van der Waals surface area contributed by atoms with Crippen molar-refractivity contribution in [3.8, 4) is 5.75 Å². The molecule has 0 spiro atoms. The number of phenolic OH excluding ortho intramolecular Hbond substituents is 1. The highest BCUT2D eigenvalue weighted by Crippen LogP contribution is 2.36. The summed E-state index contributed by atoms with van der Waals surface area (Å²) >= 11 is 1.60. The van der Waals surface area contributed by atoms with Crippen molar-refractivity contribution < 1.29 is 13.5 Å². The van der Waals surface area contributed by atoms with Gasteiger partial charge in [0.2, 0.25) is 9.84 Å². The molecule has 0 bridgehead atoms. The lowest BCUT2D eigenvalue weighted by atomic mass is 10.2. The quantitative estimate of drug-likeness (QED) is 0.917. The van der Waals surface area contributed by atoms with Crippen molar-refractivity contribution in [3.05, 3.63) is 28.7 Å². The molecule has 0 amide bonds. The molecule has 92 valence electrons. The topological polar surface area (TPSA) is 54.4 Å². The third kappa shape index (κ3) is 2.35. The molecule has 3 nitrogen and oxygen atoms in total. The monoisotopic (exact) mass is 270 g/mol. The largest absolute Gasteiger partial charge is 0.508 e. The van der Waals surface area contributed by atoms with E-state index in [1.165, 1.54) is 12.1 Å². The van der Waals surface area contributed by atoms with Crippen LogP contribution < -0.4 is 0 Å². The Balaban J connectivity index is 2.36. The van der Waals surface area contributed by atoms with Crippen LogP contribution in [0.3, 0.4) is 0 Å². The van der Waals surface area contributed by atoms with Gasteiger partial charge in [-0.25, -0.2) is 8.42 Å². The summed E-state index contributed by atoms with van der Waals surface area (Å²) < 4.78 is 24.3. The average molecular weight is 270 g/mol. The van der Waals surface area contributed by atoms with E-state index >= 15 is 0 Å². The molecule has 1 heterocycles. The van der Waals surface area contributed by atoms with Crippen molar-refractivity contribution in [1.82, 2.24) is 0 Å². The van der Waals surface area contributed by atoms with Crippen LogP contribution in [-0.2, 0) is 9.84 Å². The van der Waals surface area contributed by atoms with E-state index < -0.39 is 9.84 Å². The maximum atomic E-state index is 12.2. The van der Waals surface area contributed by atoms with Crippen LogP contribution in [-0.4, -0.2) is 24.5 Å². The van der Waals surface area contributed by atoms with Crippen LogP contribution in [0.4, 0.5) is 0 Å². The van der Waals surface area contributed by atoms with Crippen LogP contribution in [0.1, 0.15) is 19.4 Å². The van der Waals surface area contributed by atoms with E-state index in [1.807, 2.05) is 13.8 Å². The van der Waals surface area contributed by atoms with Crippen molar-refractivity contribution in [1.29, 1.82) is 0 Å². The first-order valence-corrected chi connectivity index (χ1v) is 7.85. The molecule has 0 saturated carbocycles. The van der Waals surface area contributed by atoms with Crippen molar-refractivity contribution >= 4 is 27.7 Å². The zero-order valence-electron chi connectivity index (χ0n) is 9.67. The van der Waals surface area contributed by atoms with Crippen LogP contribution in [0, 0.1) is 0 Å². The van der Waals surface area contributed by atoms with E-state index in [4.69, 9.17) is 0 Å². The van der Waals surface area contributed by atoms with Crippen molar-refractivity contribution in [2.75, 3.05) is 5.75 Å². The summed E-state index contributed by atoms with van der Waals surface area (Å²) in [6.07, 6.45) is 1.69. The van der Waals surface area contributed by atoms with Crippen molar-refractivity contribution in [2.45, 2.75) is 24.0 Å². The minimum Gasteiger partial charge on any atom is -0.508 e. The normalized spacial score (nSPS) is 17.0. The molecule has 1 aromatic rings. The summed E-state index contributed by atoms with van der Waals surface area (Å²) in [7, 11) is -3.38. The zero-order valence-corrected chi connectivity index (χ0v) is 11.3. The molecule has 5 heteroatoms. The van der Waals surface area contributed by atoms with Gasteiger partial charge in [0.05, 0.1) is 9.80 Å². The summed E-state index contributed by atoms with van der Waals surface area (Å²) in [6.45, 7) is 4.07. The Morgan fingerprint density at radius 2 is 2.06 bits per heavy atom. The Hall–Kier alpha value is -0.940. The number of fused-ring (bicyclic) bond motifs is 1. The molecule has 2 rings (SSSR count). The molecular weight excluding hydrogens is 256 g/mol. The number of hydrogen-bond acceptors (Lipinski definition) is 4. The second-order valence-electron chi connectivity index (χ2n) is 4.20. The molecule has 0 radical (unpaired) electrons. The molecular formula is C12H14O3S2. The van der Waals surface area contributed by atoms with Crippen molar-refractivity contribution in [2.24, 2.45) is 0 Å². The Labute approximate surface area is 105 Å². The molecule has 1 aliphatic heterocycles. The van der Waals surface area contributed by atoms with Crippen LogP contribution in [0.25, 0.3) is 6.08 Å². The number of rotatable bonds is 3. The first-order chi connectivity index (χ1) is 7.91. The number of thioether (sulfide) groups is 1. The van der Waals surface area contributed by atoms with Gasteiger partial charge in [0.15, 0.2) is 0 Å². The van der Waals surface area contributed by atoms with E-state index in [9.17, 15) is 13.5 Å². The Kier molecular flexibility index (Phi) is 3.23. The van der Waals surface area contributed by atoms with Gasteiger partial charge < -0.3 is 5.11 Å². The summed E-state index contributed by atoms with van der Waals surface area (Å²) in [6, 6.07) is 4.45. The van der Waals surface area contributed by atoms with Crippen molar-refractivity contribution in [3.63, 3.8) is 0 Å². The second-order valence-corrected chi connectivity index (χ2v) is 7.73. The average Bonchev–Trinajstić information content (AvgIpc) is 2.48. The van der Waals surface area contributed by atoms with Crippen LogP contribution in [0.5, 0.6) is 5.75 Å². The highest BCUT2D eigenvalue weighted by atomic mass is 32.2. The fourth-order valence-electron chi connectivity index (χ4n) is 1.64. The smallest absolute Gasteiger partial charge is 0.204 e. The third-order valence-corrected chi connectivity index (χ3v) is 5.72. The van der Waals surface area contributed by atoms with Crippen LogP contribution in [0.15, 0.2) is 28.0 Å². The van der Waals surface area contributed by atoms with Gasteiger partial charge in [0, 0.05) is 5.75 Å².